The smallest absolute Gasteiger partial charge is 0.267 e. The summed E-state index contributed by atoms with van der Waals surface area (Å²) in [6.07, 6.45) is 2.20. The highest BCUT2D eigenvalue weighted by Gasteiger charge is 2.11. The Hall–Kier alpha value is -2.48. The first-order valence-electron chi connectivity index (χ1n) is 7.65. The van der Waals surface area contributed by atoms with Gasteiger partial charge in [-0.05, 0) is 37.1 Å². The maximum atomic E-state index is 12.1. The van der Waals surface area contributed by atoms with Gasteiger partial charge in [0.1, 0.15) is 11.6 Å². The molecule has 2 N–H and O–H groups in total. The molecule has 0 aliphatic rings. The Balaban J connectivity index is 1.91. The molecule has 128 valence electrons. The van der Waals surface area contributed by atoms with E-state index in [4.69, 9.17) is 28.5 Å². The van der Waals surface area contributed by atoms with Gasteiger partial charge in [-0.1, -0.05) is 53.0 Å². The van der Waals surface area contributed by atoms with Crippen molar-refractivity contribution in [3.05, 3.63) is 75.4 Å². The number of nitrogens with one attached hydrogen (secondary N) is 2. The molecule has 0 bridgehead atoms. The molecule has 1 amide bonds. The monoisotopic (exact) mass is 373 g/mol. The fraction of sp³-hybridized carbons (Fsp3) is 0.158. The second-order valence-corrected chi connectivity index (χ2v) is 6.28. The molecular formula is C19H17Cl2N3O. The zero-order valence-corrected chi connectivity index (χ0v) is 15.2. The third-order valence-corrected chi connectivity index (χ3v) is 4.02. The maximum absolute atomic E-state index is 12.1. The van der Waals surface area contributed by atoms with Crippen LogP contribution in [-0.4, -0.2) is 12.5 Å². The number of carbonyl (C=O) groups excluding carboxylic acids is 1. The average Bonchev–Trinajstić information content (AvgIpc) is 2.59. The predicted molar refractivity (Wildman–Crippen MR) is 102 cm³/mol. The van der Waals surface area contributed by atoms with E-state index < -0.39 is 5.91 Å². The first kappa shape index (κ1) is 18.9. The first-order chi connectivity index (χ1) is 12.0. The van der Waals surface area contributed by atoms with Crippen molar-refractivity contribution >= 4 is 34.8 Å². The Morgan fingerprint density at radius 1 is 1.20 bits per heavy atom. The van der Waals surface area contributed by atoms with Gasteiger partial charge >= 0.3 is 0 Å². The van der Waals surface area contributed by atoms with Crippen LogP contribution in [0.15, 0.2) is 54.2 Å². The Labute approximate surface area is 157 Å². The van der Waals surface area contributed by atoms with E-state index in [-0.39, 0.29) is 5.57 Å². The molecule has 0 atom stereocenters. The summed E-state index contributed by atoms with van der Waals surface area (Å²) < 4.78 is 0. The van der Waals surface area contributed by atoms with Crippen molar-refractivity contribution in [1.29, 1.82) is 5.26 Å². The molecule has 25 heavy (non-hydrogen) atoms. The zero-order valence-electron chi connectivity index (χ0n) is 13.6. The van der Waals surface area contributed by atoms with Gasteiger partial charge in [0.15, 0.2) is 0 Å². The van der Waals surface area contributed by atoms with Crippen LogP contribution in [0.5, 0.6) is 0 Å². The molecule has 0 spiro atoms. The predicted octanol–water partition coefficient (Wildman–Crippen LogP) is 4.48. The van der Waals surface area contributed by atoms with Crippen LogP contribution in [0.1, 0.15) is 11.1 Å². The van der Waals surface area contributed by atoms with Gasteiger partial charge in [-0.15, -0.1) is 0 Å². The number of nitriles is 1. The number of nitrogens with zero attached hydrogens (tertiary/aromatic N) is 1. The van der Waals surface area contributed by atoms with E-state index in [1.165, 1.54) is 23.4 Å². The van der Waals surface area contributed by atoms with Crippen molar-refractivity contribution in [1.82, 2.24) is 5.32 Å². The number of hydrogen-bond donors (Lipinski definition) is 2. The highest BCUT2D eigenvalue weighted by atomic mass is 35.5. The molecule has 2 aromatic carbocycles. The Bertz CT molecular complexity index is 824. The minimum atomic E-state index is -0.533. The second kappa shape index (κ2) is 9.12. The summed E-state index contributed by atoms with van der Waals surface area (Å²) in [5, 5.41) is 15.5. The Morgan fingerprint density at radius 2 is 1.92 bits per heavy atom. The largest absolute Gasteiger partial charge is 0.389 e. The highest BCUT2D eigenvalue weighted by Crippen LogP contribution is 2.25. The lowest BCUT2D eigenvalue weighted by molar-refractivity contribution is -0.112. The number of carbonyl (C=O) groups is 1. The van der Waals surface area contributed by atoms with Gasteiger partial charge < -0.3 is 10.6 Å². The van der Waals surface area contributed by atoms with Crippen LogP contribution in [0.3, 0.4) is 0 Å². The van der Waals surface area contributed by atoms with Crippen LogP contribution in [0.25, 0.3) is 0 Å². The van der Waals surface area contributed by atoms with E-state index in [9.17, 15) is 4.79 Å². The second-order valence-electron chi connectivity index (χ2n) is 5.44. The van der Waals surface area contributed by atoms with Crippen LogP contribution < -0.4 is 10.6 Å². The molecule has 0 aliphatic heterocycles. The minimum Gasteiger partial charge on any atom is -0.389 e. The van der Waals surface area contributed by atoms with Gasteiger partial charge in [-0.25, -0.2) is 0 Å². The quantitative estimate of drug-likeness (QED) is 0.445. The SMILES string of the molecule is Cc1ccc(CCN/C=C(/C#N)C(=O)Nc2ccc(Cl)cc2Cl)cc1. The summed E-state index contributed by atoms with van der Waals surface area (Å²) in [5.74, 6) is -0.533. The number of amides is 1. The average molecular weight is 374 g/mol. The zero-order chi connectivity index (χ0) is 18.2. The summed E-state index contributed by atoms with van der Waals surface area (Å²) >= 11 is 11.8. The summed E-state index contributed by atoms with van der Waals surface area (Å²) in [7, 11) is 0. The maximum Gasteiger partial charge on any atom is 0.267 e. The van der Waals surface area contributed by atoms with Crippen molar-refractivity contribution < 1.29 is 4.79 Å². The van der Waals surface area contributed by atoms with Crippen LogP contribution in [-0.2, 0) is 11.2 Å². The number of benzene rings is 2. The summed E-state index contributed by atoms with van der Waals surface area (Å²) in [6, 6.07) is 14.8. The summed E-state index contributed by atoms with van der Waals surface area (Å²) in [6.45, 7) is 2.65. The summed E-state index contributed by atoms with van der Waals surface area (Å²) in [5.41, 5.74) is 2.76. The molecule has 0 unspecified atom stereocenters. The summed E-state index contributed by atoms with van der Waals surface area (Å²) in [4.78, 5) is 12.1. The molecule has 6 heteroatoms. The van der Waals surface area contributed by atoms with Crippen LogP contribution in [0.2, 0.25) is 10.0 Å². The van der Waals surface area contributed by atoms with E-state index in [1.807, 2.05) is 13.0 Å². The molecule has 4 nitrogen and oxygen atoms in total. The number of anilines is 1. The van der Waals surface area contributed by atoms with Gasteiger partial charge in [-0.3, -0.25) is 4.79 Å². The molecule has 0 saturated heterocycles. The van der Waals surface area contributed by atoms with Crippen molar-refractivity contribution in [2.45, 2.75) is 13.3 Å². The Kier molecular flexibility index (Phi) is 6.88. The number of aryl methyl sites for hydroxylation is 1. The van der Waals surface area contributed by atoms with Gasteiger partial charge in [0.2, 0.25) is 0 Å². The third kappa shape index (κ3) is 5.82. The molecular weight excluding hydrogens is 357 g/mol. The molecule has 2 aromatic rings. The van der Waals surface area contributed by atoms with E-state index >= 15 is 0 Å². The van der Waals surface area contributed by atoms with E-state index in [0.717, 1.165) is 6.42 Å². The van der Waals surface area contributed by atoms with E-state index in [0.29, 0.717) is 22.3 Å². The lowest BCUT2D eigenvalue weighted by Crippen LogP contribution is -2.18. The highest BCUT2D eigenvalue weighted by molar-refractivity contribution is 6.36. The fourth-order valence-corrected chi connectivity index (χ4v) is 2.53. The number of halogens is 2. The minimum absolute atomic E-state index is 0.0325. The third-order valence-electron chi connectivity index (χ3n) is 3.47. The van der Waals surface area contributed by atoms with Gasteiger partial charge in [0, 0.05) is 17.8 Å². The molecule has 0 saturated carbocycles. The number of hydrogen-bond acceptors (Lipinski definition) is 3. The first-order valence-corrected chi connectivity index (χ1v) is 8.41. The van der Waals surface area contributed by atoms with Crippen molar-refractivity contribution in [3.63, 3.8) is 0 Å². The van der Waals surface area contributed by atoms with Crippen LogP contribution in [0.4, 0.5) is 5.69 Å². The molecule has 0 aliphatic carbocycles. The number of rotatable bonds is 6. The van der Waals surface area contributed by atoms with Gasteiger partial charge in [0.25, 0.3) is 5.91 Å². The van der Waals surface area contributed by atoms with Crippen molar-refractivity contribution in [2.24, 2.45) is 0 Å². The molecule has 0 heterocycles. The Morgan fingerprint density at radius 3 is 2.56 bits per heavy atom. The van der Waals surface area contributed by atoms with E-state index in [1.54, 1.807) is 12.1 Å². The molecule has 2 rings (SSSR count). The topological polar surface area (TPSA) is 64.9 Å². The lowest BCUT2D eigenvalue weighted by Gasteiger charge is -2.07. The van der Waals surface area contributed by atoms with Crippen LogP contribution in [0, 0.1) is 18.3 Å². The molecule has 0 fully saturated rings. The van der Waals surface area contributed by atoms with Gasteiger partial charge in [-0.2, -0.15) is 5.26 Å². The molecule has 0 aromatic heterocycles. The van der Waals surface area contributed by atoms with Crippen molar-refractivity contribution in [2.75, 3.05) is 11.9 Å². The standard InChI is InChI=1S/C19H17Cl2N3O/c1-13-2-4-14(5-3-13)8-9-23-12-15(11-22)19(25)24-18-7-6-16(20)10-17(18)21/h2-7,10,12,23H,8-9H2,1H3,(H,24,25)/b15-12-. The molecule has 0 radical (unpaired) electrons. The van der Waals surface area contributed by atoms with Gasteiger partial charge in [0.05, 0.1) is 10.7 Å². The fourth-order valence-electron chi connectivity index (χ4n) is 2.07. The van der Waals surface area contributed by atoms with Crippen LogP contribution >= 0.6 is 23.2 Å². The lowest BCUT2D eigenvalue weighted by atomic mass is 10.1. The van der Waals surface area contributed by atoms with E-state index in [2.05, 4.69) is 34.9 Å². The van der Waals surface area contributed by atoms with Crippen molar-refractivity contribution in [3.8, 4) is 6.07 Å². The normalized spacial score (nSPS) is 10.9.